The van der Waals surface area contributed by atoms with Crippen molar-refractivity contribution in [3.8, 4) is 28.7 Å². The molecule has 4 aromatic rings. The standard InChI is InChI=1S/C25H23N3O3/c1-16-13-17(2)23(18(3)14-16)26-22(29)15-30-21-12-8-7-11-20(21)25-28-27-24(31-25)19-9-5-4-6-10-19/h4-14H,15H2,1-3H3,(H,26,29). The molecule has 0 saturated carbocycles. The molecule has 1 N–H and O–H groups in total. The molecule has 0 aliphatic heterocycles. The Bertz CT molecular complexity index is 1190. The molecular formula is C25H23N3O3. The highest BCUT2D eigenvalue weighted by Crippen LogP contribution is 2.31. The number of hydrogen-bond donors (Lipinski definition) is 1. The van der Waals surface area contributed by atoms with E-state index in [1.54, 1.807) is 6.07 Å². The third-order valence-corrected chi connectivity index (χ3v) is 4.86. The molecule has 0 radical (unpaired) electrons. The summed E-state index contributed by atoms with van der Waals surface area (Å²) in [6.07, 6.45) is 0. The summed E-state index contributed by atoms with van der Waals surface area (Å²) in [4.78, 5) is 12.5. The van der Waals surface area contributed by atoms with Crippen LogP contribution in [-0.2, 0) is 4.79 Å². The second kappa shape index (κ2) is 8.83. The van der Waals surface area contributed by atoms with Crippen molar-refractivity contribution in [3.05, 3.63) is 83.4 Å². The maximum absolute atomic E-state index is 12.5. The van der Waals surface area contributed by atoms with Crippen LogP contribution in [-0.4, -0.2) is 22.7 Å². The summed E-state index contributed by atoms with van der Waals surface area (Å²) >= 11 is 0. The number of hydrogen-bond acceptors (Lipinski definition) is 5. The molecule has 0 bridgehead atoms. The second-order valence-corrected chi connectivity index (χ2v) is 7.39. The van der Waals surface area contributed by atoms with Crippen molar-refractivity contribution < 1.29 is 13.9 Å². The summed E-state index contributed by atoms with van der Waals surface area (Å²) in [7, 11) is 0. The number of carbonyl (C=O) groups is 1. The largest absolute Gasteiger partial charge is 0.483 e. The van der Waals surface area contributed by atoms with Crippen LogP contribution in [0.15, 0.2) is 71.1 Å². The molecular weight excluding hydrogens is 390 g/mol. The van der Waals surface area contributed by atoms with Gasteiger partial charge in [0.25, 0.3) is 11.8 Å². The normalized spacial score (nSPS) is 10.7. The molecule has 6 nitrogen and oxygen atoms in total. The molecule has 0 spiro atoms. The number of para-hydroxylation sites is 1. The van der Waals surface area contributed by atoms with Gasteiger partial charge < -0.3 is 14.5 Å². The van der Waals surface area contributed by atoms with Gasteiger partial charge in [0.2, 0.25) is 5.89 Å². The van der Waals surface area contributed by atoms with Crippen LogP contribution in [0.2, 0.25) is 0 Å². The van der Waals surface area contributed by atoms with E-state index in [4.69, 9.17) is 9.15 Å². The Kier molecular flexibility index (Phi) is 5.80. The zero-order valence-corrected chi connectivity index (χ0v) is 17.7. The Morgan fingerprint density at radius 2 is 1.55 bits per heavy atom. The number of carbonyl (C=O) groups excluding carboxylic acids is 1. The first-order chi connectivity index (χ1) is 15.0. The van der Waals surface area contributed by atoms with Crippen LogP contribution in [0.1, 0.15) is 16.7 Å². The summed E-state index contributed by atoms with van der Waals surface area (Å²) in [5.74, 6) is 1.02. The van der Waals surface area contributed by atoms with Gasteiger partial charge in [-0.05, 0) is 56.2 Å². The monoisotopic (exact) mass is 413 g/mol. The van der Waals surface area contributed by atoms with E-state index in [1.807, 2.05) is 81.4 Å². The van der Waals surface area contributed by atoms with Gasteiger partial charge >= 0.3 is 0 Å². The molecule has 31 heavy (non-hydrogen) atoms. The zero-order valence-electron chi connectivity index (χ0n) is 17.7. The van der Waals surface area contributed by atoms with Gasteiger partial charge in [-0.25, -0.2) is 0 Å². The minimum atomic E-state index is -0.236. The highest BCUT2D eigenvalue weighted by molar-refractivity contribution is 5.93. The van der Waals surface area contributed by atoms with Crippen LogP contribution in [0.3, 0.4) is 0 Å². The Morgan fingerprint density at radius 3 is 2.29 bits per heavy atom. The van der Waals surface area contributed by atoms with Crippen molar-refractivity contribution in [3.63, 3.8) is 0 Å². The zero-order chi connectivity index (χ0) is 21.8. The molecule has 0 saturated heterocycles. The van der Waals surface area contributed by atoms with E-state index in [9.17, 15) is 4.79 Å². The van der Waals surface area contributed by atoms with Gasteiger partial charge in [-0.3, -0.25) is 4.79 Å². The second-order valence-electron chi connectivity index (χ2n) is 7.39. The predicted octanol–water partition coefficient (Wildman–Crippen LogP) is 5.35. The summed E-state index contributed by atoms with van der Waals surface area (Å²) in [6.45, 7) is 5.85. The number of aromatic nitrogens is 2. The molecule has 0 unspecified atom stereocenters. The van der Waals surface area contributed by atoms with Crippen molar-refractivity contribution in [2.45, 2.75) is 20.8 Å². The molecule has 1 aromatic heterocycles. The number of ether oxygens (including phenoxy) is 1. The maximum Gasteiger partial charge on any atom is 0.262 e. The Morgan fingerprint density at radius 1 is 0.903 bits per heavy atom. The summed E-state index contributed by atoms with van der Waals surface area (Å²) < 4.78 is 11.6. The fraction of sp³-hybridized carbons (Fsp3) is 0.160. The van der Waals surface area contributed by atoms with Gasteiger partial charge in [0.1, 0.15) is 5.75 Å². The first-order valence-corrected chi connectivity index (χ1v) is 10.00. The van der Waals surface area contributed by atoms with Crippen LogP contribution in [0.4, 0.5) is 5.69 Å². The van der Waals surface area contributed by atoms with Crippen LogP contribution in [0.5, 0.6) is 5.75 Å². The lowest BCUT2D eigenvalue weighted by Crippen LogP contribution is -2.21. The van der Waals surface area contributed by atoms with E-state index in [0.717, 1.165) is 27.9 Å². The lowest BCUT2D eigenvalue weighted by molar-refractivity contribution is -0.118. The molecule has 6 heteroatoms. The molecule has 3 aromatic carbocycles. The molecule has 0 aliphatic carbocycles. The number of amides is 1. The molecule has 1 amide bonds. The molecule has 0 fully saturated rings. The summed E-state index contributed by atoms with van der Waals surface area (Å²) in [5.41, 5.74) is 5.48. The summed E-state index contributed by atoms with van der Waals surface area (Å²) in [5, 5.41) is 11.2. The molecule has 1 heterocycles. The third kappa shape index (κ3) is 4.64. The Hall–Kier alpha value is -3.93. The minimum absolute atomic E-state index is 0.135. The SMILES string of the molecule is Cc1cc(C)c(NC(=O)COc2ccccc2-c2nnc(-c3ccccc3)o2)c(C)c1. The lowest BCUT2D eigenvalue weighted by atomic mass is 10.1. The van der Waals surface area contributed by atoms with E-state index < -0.39 is 0 Å². The van der Waals surface area contributed by atoms with E-state index in [0.29, 0.717) is 23.1 Å². The fourth-order valence-corrected chi connectivity index (χ4v) is 3.49. The van der Waals surface area contributed by atoms with Crippen LogP contribution >= 0.6 is 0 Å². The van der Waals surface area contributed by atoms with Gasteiger partial charge in [0.15, 0.2) is 6.61 Å². The van der Waals surface area contributed by atoms with E-state index in [1.165, 1.54) is 0 Å². The highest BCUT2D eigenvalue weighted by Gasteiger charge is 2.16. The highest BCUT2D eigenvalue weighted by atomic mass is 16.5. The van der Waals surface area contributed by atoms with E-state index in [-0.39, 0.29) is 12.5 Å². The number of nitrogens with zero attached hydrogens (tertiary/aromatic N) is 2. The van der Waals surface area contributed by atoms with Gasteiger partial charge in [-0.15, -0.1) is 10.2 Å². The number of aryl methyl sites for hydroxylation is 3. The Labute approximate surface area is 180 Å². The Balaban J connectivity index is 1.49. The number of benzene rings is 3. The van der Waals surface area contributed by atoms with Crippen molar-refractivity contribution in [1.29, 1.82) is 0 Å². The van der Waals surface area contributed by atoms with Crippen LogP contribution in [0, 0.1) is 20.8 Å². The molecule has 156 valence electrons. The number of anilines is 1. The first-order valence-electron chi connectivity index (χ1n) is 10.00. The first kappa shape index (κ1) is 20.3. The number of rotatable bonds is 6. The van der Waals surface area contributed by atoms with Crippen molar-refractivity contribution >= 4 is 11.6 Å². The van der Waals surface area contributed by atoms with Crippen molar-refractivity contribution in [2.24, 2.45) is 0 Å². The number of nitrogens with one attached hydrogen (secondary N) is 1. The average molecular weight is 413 g/mol. The summed E-state index contributed by atoms with van der Waals surface area (Å²) in [6, 6.07) is 20.9. The van der Waals surface area contributed by atoms with Gasteiger partial charge in [0, 0.05) is 11.3 Å². The predicted molar refractivity (Wildman–Crippen MR) is 120 cm³/mol. The minimum Gasteiger partial charge on any atom is -0.483 e. The van der Waals surface area contributed by atoms with E-state index >= 15 is 0 Å². The lowest BCUT2D eigenvalue weighted by Gasteiger charge is -2.14. The molecule has 0 aliphatic rings. The molecule has 4 rings (SSSR count). The topological polar surface area (TPSA) is 77.2 Å². The average Bonchev–Trinajstić information content (AvgIpc) is 3.26. The quantitative estimate of drug-likeness (QED) is 0.461. The van der Waals surface area contributed by atoms with Crippen molar-refractivity contribution in [1.82, 2.24) is 10.2 Å². The van der Waals surface area contributed by atoms with Gasteiger partial charge in [0.05, 0.1) is 5.56 Å². The maximum atomic E-state index is 12.5. The smallest absolute Gasteiger partial charge is 0.262 e. The van der Waals surface area contributed by atoms with Crippen LogP contribution in [0.25, 0.3) is 22.9 Å². The van der Waals surface area contributed by atoms with Gasteiger partial charge in [-0.2, -0.15) is 0 Å². The van der Waals surface area contributed by atoms with E-state index in [2.05, 4.69) is 15.5 Å². The fourth-order valence-electron chi connectivity index (χ4n) is 3.49. The third-order valence-electron chi connectivity index (χ3n) is 4.86. The molecule has 0 atom stereocenters. The van der Waals surface area contributed by atoms with Crippen LogP contribution < -0.4 is 10.1 Å². The van der Waals surface area contributed by atoms with Crippen molar-refractivity contribution in [2.75, 3.05) is 11.9 Å². The van der Waals surface area contributed by atoms with Gasteiger partial charge in [-0.1, -0.05) is 48.0 Å².